The van der Waals surface area contributed by atoms with E-state index in [4.69, 9.17) is 0 Å². The van der Waals surface area contributed by atoms with Gasteiger partial charge in [0.1, 0.15) is 0 Å². The van der Waals surface area contributed by atoms with Crippen molar-refractivity contribution in [3.63, 3.8) is 0 Å². The summed E-state index contributed by atoms with van der Waals surface area (Å²) in [5, 5.41) is 3.58. The number of para-hydroxylation sites is 1. The number of hydrogen-bond donors (Lipinski definition) is 1. The lowest BCUT2D eigenvalue weighted by atomic mass is 9.89. The summed E-state index contributed by atoms with van der Waals surface area (Å²) in [6.07, 6.45) is 3.82. The lowest BCUT2D eigenvalue weighted by Gasteiger charge is -2.39. The molecule has 0 saturated heterocycles. The molecule has 0 radical (unpaired) electrons. The number of nitrogens with one attached hydrogen (secondary N) is 1. The van der Waals surface area contributed by atoms with E-state index in [0.29, 0.717) is 17.5 Å². The highest BCUT2D eigenvalue weighted by Crippen LogP contribution is 2.34. The Morgan fingerprint density at radius 3 is 2.32 bits per heavy atom. The molecule has 128 valence electrons. The summed E-state index contributed by atoms with van der Waals surface area (Å²) in [6, 6.07) is 15.3. The fourth-order valence-corrected chi connectivity index (χ4v) is 3.97. The minimum absolute atomic E-state index is 0.0945. The largest absolute Gasteiger partial charge is 0.380 e. The van der Waals surface area contributed by atoms with Crippen molar-refractivity contribution in [3.05, 3.63) is 65.2 Å². The Labute approximate surface area is 147 Å². The van der Waals surface area contributed by atoms with Crippen molar-refractivity contribution in [2.45, 2.75) is 44.7 Å². The Morgan fingerprint density at radius 2 is 1.64 bits per heavy atom. The Kier molecular flexibility index (Phi) is 4.04. The van der Waals surface area contributed by atoms with E-state index in [1.54, 1.807) is 12.1 Å². The summed E-state index contributed by atoms with van der Waals surface area (Å²) in [5.74, 6) is -0.318. The van der Waals surface area contributed by atoms with Crippen LogP contribution in [0.5, 0.6) is 0 Å². The lowest BCUT2D eigenvalue weighted by Crippen LogP contribution is -2.53. The molecule has 0 aromatic heterocycles. The number of nitrogens with zero attached hydrogens (tertiary/aromatic N) is 1. The van der Waals surface area contributed by atoms with Crippen LogP contribution in [-0.4, -0.2) is 28.8 Å². The summed E-state index contributed by atoms with van der Waals surface area (Å²) < 4.78 is 0. The highest BCUT2D eigenvalue weighted by Gasteiger charge is 2.43. The van der Waals surface area contributed by atoms with Crippen molar-refractivity contribution in [1.29, 1.82) is 0 Å². The number of unbranched alkanes of at least 4 members (excludes halogenated alkanes) is 1. The molecule has 2 aliphatic heterocycles. The SMILES string of the molecule is CCCC[C@H]1Nc2ccccc2C[C@H]1N1C(=O)c2ccccc2C1=O. The van der Waals surface area contributed by atoms with Crippen molar-refractivity contribution in [3.8, 4) is 0 Å². The topological polar surface area (TPSA) is 49.4 Å². The predicted molar refractivity (Wildman–Crippen MR) is 97.8 cm³/mol. The number of rotatable bonds is 4. The second kappa shape index (κ2) is 6.36. The summed E-state index contributed by atoms with van der Waals surface area (Å²) in [6.45, 7) is 2.16. The Balaban J connectivity index is 1.70. The first-order chi connectivity index (χ1) is 12.2. The van der Waals surface area contributed by atoms with Crippen LogP contribution in [0.15, 0.2) is 48.5 Å². The van der Waals surface area contributed by atoms with Crippen LogP contribution in [0.4, 0.5) is 5.69 Å². The van der Waals surface area contributed by atoms with E-state index in [9.17, 15) is 9.59 Å². The van der Waals surface area contributed by atoms with E-state index in [1.807, 2.05) is 24.3 Å². The van der Waals surface area contributed by atoms with Gasteiger partial charge < -0.3 is 5.32 Å². The Hall–Kier alpha value is -2.62. The fraction of sp³-hybridized carbons (Fsp3) is 0.333. The van der Waals surface area contributed by atoms with Crippen LogP contribution in [0.2, 0.25) is 0 Å². The van der Waals surface area contributed by atoms with Crippen LogP contribution >= 0.6 is 0 Å². The molecule has 25 heavy (non-hydrogen) atoms. The molecule has 0 bridgehead atoms. The first-order valence-electron chi connectivity index (χ1n) is 9.02. The molecule has 0 saturated carbocycles. The van der Waals surface area contributed by atoms with Crippen LogP contribution in [-0.2, 0) is 6.42 Å². The van der Waals surface area contributed by atoms with Crippen LogP contribution in [0.3, 0.4) is 0 Å². The fourth-order valence-electron chi connectivity index (χ4n) is 3.97. The van der Waals surface area contributed by atoms with Gasteiger partial charge >= 0.3 is 0 Å². The number of benzene rings is 2. The molecular weight excluding hydrogens is 312 g/mol. The number of hydrogen-bond acceptors (Lipinski definition) is 3. The second-order valence-corrected chi connectivity index (χ2v) is 6.85. The Morgan fingerprint density at radius 1 is 1.00 bits per heavy atom. The molecule has 0 aliphatic carbocycles. The predicted octanol–water partition coefficient (Wildman–Crippen LogP) is 3.88. The maximum atomic E-state index is 12.9. The molecular formula is C21H22N2O2. The van der Waals surface area contributed by atoms with Gasteiger partial charge in [-0.15, -0.1) is 0 Å². The summed E-state index contributed by atoms with van der Waals surface area (Å²) in [5.41, 5.74) is 3.34. The number of imide groups is 1. The zero-order chi connectivity index (χ0) is 17.4. The summed E-state index contributed by atoms with van der Waals surface area (Å²) in [4.78, 5) is 27.3. The van der Waals surface area contributed by atoms with Gasteiger partial charge in [0.2, 0.25) is 0 Å². The summed E-state index contributed by atoms with van der Waals surface area (Å²) >= 11 is 0. The number of carbonyl (C=O) groups excluding carboxylic acids is 2. The molecule has 2 atom stereocenters. The minimum Gasteiger partial charge on any atom is -0.380 e. The third-order valence-corrected chi connectivity index (χ3v) is 5.28. The standard InChI is InChI=1S/C21H22N2O2/c1-2-3-11-18-19(13-14-8-4-7-12-17(14)22-18)23-20(24)15-9-5-6-10-16(15)21(23)25/h4-10,12,18-19,22H,2-3,11,13H2,1H3/t18-,19-/m1/s1. The third-order valence-electron chi connectivity index (χ3n) is 5.28. The number of fused-ring (bicyclic) bond motifs is 2. The van der Waals surface area contributed by atoms with Crippen molar-refractivity contribution < 1.29 is 9.59 Å². The highest BCUT2D eigenvalue weighted by molar-refractivity contribution is 6.21. The van der Waals surface area contributed by atoms with E-state index >= 15 is 0 Å². The van der Waals surface area contributed by atoms with Gasteiger partial charge in [0.05, 0.1) is 17.2 Å². The summed E-state index contributed by atoms with van der Waals surface area (Å²) in [7, 11) is 0. The van der Waals surface area contributed by atoms with Gasteiger partial charge in [0, 0.05) is 11.7 Å². The molecule has 2 aromatic carbocycles. The van der Waals surface area contributed by atoms with Gasteiger partial charge in [0.15, 0.2) is 0 Å². The monoisotopic (exact) mass is 334 g/mol. The van der Waals surface area contributed by atoms with Crippen LogP contribution in [0.1, 0.15) is 52.5 Å². The van der Waals surface area contributed by atoms with Crippen LogP contribution in [0.25, 0.3) is 0 Å². The van der Waals surface area contributed by atoms with E-state index in [1.165, 1.54) is 4.90 Å². The first kappa shape index (κ1) is 15.9. The first-order valence-corrected chi connectivity index (χ1v) is 9.02. The molecule has 2 amide bonds. The average molecular weight is 334 g/mol. The van der Waals surface area contributed by atoms with Gasteiger partial charge in [-0.1, -0.05) is 50.1 Å². The van der Waals surface area contributed by atoms with Crippen LogP contribution < -0.4 is 5.32 Å². The number of amides is 2. The smallest absolute Gasteiger partial charge is 0.261 e. The van der Waals surface area contributed by atoms with E-state index in [2.05, 4.69) is 24.4 Å². The molecule has 2 heterocycles. The minimum atomic E-state index is -0.159. The van der Waals surface area contributed by atoms with E-state index in [0.717, 1.165) is 30.5 Å². The van der Waals surface area contributed by atoms with Gasteiger partial charge in [-0.25, -0.2) is 0 Å². The zero-order valence-electron chi connectivity index (χ0n) is 14.4. The van der Waals surface area contributed by atoms with Crippen LogP contribution in [0, 0.1) is 0 Å². The van der Waals surface area contributed by atoms with Gasteiger partial charge in [-0.05, 0) is 36.6 Å². The molecule has 0 unspecified atom stereocenters. The average Bonchev–Trinajstić information content (AvgIpc) is 2.90. The molecule has 0 spiro atoms. The maximum Gasteiger partial charge on any atom is 0.261 e. The number of anilines is 1. The van der Waals surface area contributed by atoms with Crippen molar-refractivity contribution in [1.82, 2.24) is 4.90 Å². The second-order valence-electron chi connectivity index (χ2n) is 6.85. The van der Waals surface area contributed by atoms with Crippen molar-refractivity contribution >= 4 is 17.5 Å². The highest BCUT2D eigenvalue weighted by atomic mass is 16.2. The van der Waals surface area contributed by atoms with Gasteiger partial charge in [-0.2, -0.15) is 0 Å². The van der Waals surface area contributed by atoms with E-state index < -0.39 is 0 Å². The van der Waals surface area contributed by atoms with E-state index in [-0.39, 0.29) is 23.9 Å². The molecule has 1 N–H and O–H groups in total. The maximum absolute atomic E-state index is 12.9. The zero-order valence-corrected chi connectivity index (χ0v) is 14.4. The molecule has 0 fully saturated rings. The normalized spacial score (nSPS) is 21.7. The van der Waals surface area contributed by atoms with Gasteiger partial charge in [-0.3, -0.25) is 14.5 Å². The molecule has 2 aliphatic rings. The van der Waals surface area contributed by atoms with Crippen molar-refractivity contribution in [2.75, 3.05) is 5.32 Å². The molecule has 2 aromatic rings. The lowest BCUT2D eigenvalue weighted by molar-refractivity contribution is 0.0559. The molecule has 4 rings (SSSR count). The van der Waals surface area contributed by atoms with Gasteiger partial charge in [0.25, 0.3) is 11.8 Å². The number of carbonyl (C=O) groups is 2. The molecule has 4 nitrogen and oxygen atoms in total. The molecule has 4 heteroatoms. The van der Waals surface area contributed by atoms with Crippen molar-refractivity contribution in [2.24, 2.45) is 0 Å². The Bertz CT molecular complexity index is 795. The quantitative estimate of drug-likeness (QED) is 0.863. The third kappa shape index (κ3) is 2.62.